The molecule has 0 bridgehead atoms. The maximum atomic E-state index is 12.5. The Morgan fingerprint density at radius 3 is 2.31 bits per heavy atom. The van der Waals surface area contributed by atoms with Crippen LogP contribution in [0.15, 0.2) is 34.9 Å². The Morgan fingerprint density at radius 2 is 1.69 bits per heavy atom. The molecule has 168 valence electrons. The molecule has 1 saturated heterocycles. The van der Waals surface area contributed by atoms with Crippen LogP contribution >= 0.6 is 0 Å². The highest BCUT2D eigenvalue weighted by Gasteiger charge is 2.18. The van der Waals surface area contributed by atoms with Crippen molar-refractivity contribution in [1.29, 1.82) is 0 Å². The normalized spacial score (nSPS) is 13.8. The van der Waals surface area contributed by atoms with Gasteiger partial charge in [0.15, 0.2) is 0 Å². The summed E-state index contributed by atoms with van der Waals surface area (Å²) in [5.74, 6) is 2.31. The first-order valence-corrected chi connectivity index (χ1v) is 10.8. The average Bonchev–Trinajstić information content (AvgIpc) is 3.09. The molecule has 1 aromatic heterocycles. The lowest BCUT2D eigenvalue weighted by atomic mass is 10.0. The van der Waals surface area contributed by atoms with Gasteiger partial charge in [0.05, 0.1) is 18.9 Å². The van der Waals surface area contributed by atoms with Crippen molar-refractivity contribution in [2.45, 2.75) is 34.6 Å². The van der Waals surface area contributed by atoms with Gasteiger partial charge in [0, 0.05) is 24.3 Å². The molecule has 4 rings (SSSR count). The number of carbonyl (C=O) groups is 1. The van der Waals surface area contributed by atoms with Crippen LogP contribution in [0, 0.1) is 34.6 Å². The molecule has 1 aliphatic heterocycles. The maximum Gasteiger partial charge on any atom is 0.321 e. The molecule has 0 unspecified atom stereocenters. The van der Waals surface area contributed by atoms with Crippen molar-refractivity contribution in [3.63, 3.8) is 0 Å². The number of benzene rings is 2. The molecule has 1 aliphatic rings. The highest BCUT2D eigenvalue weighted by molar-refractivity contribution is 5.89. The second kappa shape index (κ2) is 9.04. The lowest BCUT2D eigenvalue weighted by Crippen LogP contribution is -2.43. The Bertz CT molecular complexity index is 1100. The molecule has 1 N–H and O–H groups in total. The third-order valence-corrected chi connectivity index (χ3v) is 5.60. The predicted octanol–water partition coefficient (Wildman–Crippen LogP) is 5.54. The van der Waals surface area contributed by atoms with E-state index >= 15 is 0 Å². The highest BCUT2D eigenvalue weighted by Crippen LogP contribution is 2.35. The van der Waals surface area contributed by atoms with Gasteiger partial charge in [0.2, 0.25) is 0 Å². The van der Waals surface area contributed by atoms with Gasteiger partial charge >= 0.3 is 6.03 Å². The van der Waals surface area contributed by atoms with Crippen molar-refractivity contribution in [2.24, 2.45) is 0 Å². The van der Waals surface area contributed by atoms with Crippen LogP contribution in [0.2, 0.25) is 0 Å². The fraction of sp³-hybridized carbons (Fsp3) is 0.360. The SMILES string of the molecule is Cc1cc(Oc2c(C)cc(NC(=O)N3CCOCC3)cc2C)cc(-c2c(C)noc2C)c1. The van der Waals surface area contributed by atoms with Gasteiger partial charge in [-0.3, -0.25) is 0 Å². The van der Waals surface area contributed by atoms with Crippen molar-refractivity contribution in [2.75, 3.05) is 31.6 Å². The monoisotopic (exact) mass is 435 g/mol. The molecule has 0 atom stereocenters. The summed E-state index contributed by atoms with van der Waals surface area (Å²) in [6, 6.07) is 9.88. The van der Waals surface area contributed by atoms with E-state index in [1.54, 1.807) is 4.90 Å². The molecule has 7 nitrogen and oxygen atoms in total. The summed E-state index contributed by atoms with van der Waals surface area (Å²) in [5.41, 5.74) is 6.60. The molecule has 7 heteroatoms. The number of hydrogen-bond acceptors (Lipinski definition) is 5. The second-order valence-electron chi connectivity index (χ2n) is 8.30. The first kappa shape index (κ1) is 21.9. The smallest absolute Gasteiger partial charge is 0.321 e. The van der Waals surface area contributed by atoms with Gasteiger partial charge < -0.3 is 24.2 Å². The number of morpholine rings is 1. The minimum Gasteiger partial charge on any atom is -0.457 e. The van der Waals surface area contributed by atoms with Crippen LogP contribution in [-0.2, 0) is 4.74 Å². The molecule has 0 aliphatic carbocycles. The first-order valence-electron chi connectivity index (χ1n) is 10.8. The predicted molar refractivity (Wildman–Crippen MR) is 124 cm³/mol. The minimum absolute atomic E-state index is 0.108. The third-order valence-electron chi connectivity index (χ3n) is 5.60. The van der Waals surface area contributed by atoms with E-state index in [1.165, 1.54) is 0 Å². The fourth-order valence-electron chi connectivity index (χ4n) is 4.12. The Kier molecular flexibility index (Phi) is 6.19. The van der Waals surface area contributed by atoms with Gasteiger partial charge in [-0.2, -0.15) is 0 Å². The Labute approximate surface area is 188 Å². The highest BCUT2D eigenvalue weighted by atomic mass is 16.5. The molecule has 2 heterocycles. The largest absolute Gasteiger partial charge is 0.457 e. The second-order valence-corrected chi connectivity index (χ2v) is 8.30. The zero-order valence-electron chi connectivity index (χ0n) is 19.2. The molecule has 0 saturated carbocycles. The molecule has 1 fully saturated rings. The van der Waals surface area contributed by atoms with E-state index in [2.05, 4.69) is 16.5 Å². The van der Waals surface area contributed by atoms with Crippen LogP contribution in [0.4, 0.5) is 10.5 Å². The summed E-state index contributed by atoms with van der Waals surface area (Å²) < 4.78 is 17.0. The summed E-state index contributed by atoms with van der Waals surface area (Å²) in [6.45, 7) is 12.2. The van der Waals surface area contributed by atoms with E-state index in [4.69, 9.17) is 14.0 Å². The number of amides is 2. The molecule has 3 aromatic rings. The summed E-state index contributed by atoms with van der Waals surface area (Å²) >= 11 is 0. The van der Waals surface area contributed by atoms with Gasteiger partial charge in [-0.05, 0) is 81.1 Å². The van der Waals surface area contributed by atoms with Gasteiger partial charge in [-0.1, -0.05) is 11.2 Å². The zero-order chi connectivity index (χ0) is 22.8. The van der Waals surface area contributed by atoms with Gasteiger partial charge in [-0.25, -0.2) is 4.79 Å². The van der Waals surface area contributed by atoms with Crippen molar-refractivity contribution in [3.8, 4) is 22.6 Å². The zero-order valence-corrected chi connectivity index (χ0v) is 19.2. The van der Waals surface area contributed by atoms with Gasteiger partial charge in [0.1, 0.15) is 17.3 Å². The lowest BCUT2D eigenvalue weighted by Gasteiger charge is -2.27. The van der Waals surface area contributed by atoms with E-state index in [1.807, 2.05) is 58.9 Å². The number of ether oxygens (including phenoxy) is 2. The van der Waals surface area contributed by atoms with Gasteiger partial charge in [-0.15, -0.1) is 0 Å². The van der Waals surface area contributed by atoms with Crippen LogP contribution in [0.3, 0.4) is 0 Å². The maximum absolute atomic E-state index is 12.5. The Morgan fingerprint density at radius 1 is 1.00 bits per heavy atom. The van der Waals surface area contributed by atoms with E-state index in [9.17, 15) is 4.79 Å². The lowest BCUT2D eigenvalue weighted by molar-refractivity contribution is 0.0564. The quantitative estimate of drug-likeness (QED) is 0.582. The van der Waals surface area contributed by atoms with Crippen LogP contribution in [-0.4, -0.2) is 42.4 Å². The van der Waals surface area contributed by atoms with Crippen LogP contribution in [0.25, 0.3) is 11.1 Å². The number of aryl methyl sites for hydroxylation is 5. The van der Waals surface area contributed by atoms with Gasteiger partial charge in [0.25, 0.3) is 0 Å². The molecular weight excluding hydrogens is 406 g/mol. The first-order chi connectivity index (χ1) is 15.3. The van der Waals surface area contributed by atoms with E-state index in [0.717, 1.165) is 56.5 Å². The van der Waals surface area contributed by atoms with Crippen molar-refractivity contribution < 1.29 is 18.8 Å². The van der Waals surface area contributed by atoms with E-state index in [-0.39, 0.29) is 6.03 Å². The standard InChI is InChI=1S/C25H29N3O4/c1-15-10-20(23-18(4)27-32-19(23)5)14-22(11-15)31-24-16(2)12-21(13-17(24)3)26-25(29)28-6-8-30-9-7-28/h10-14H,6-9H2,1-5H3,(H,26,29). The number of aromatic nitrogens is 1. The summed E-state index contributed by atoms with van der Waals surface area (Å²) in [6.07, 6.45) is 0. The molecule has 2 amide bonds. The summed E-state index contributed by atoms with van der Waals surface area (Å²) in [7, 11) is 0. The molecule has 0 radical (unpaired) electrons. The van der Waals surface area contributed by atoms with Crippen molar-refractivity contribution in [3.05, 3.63) is 58.5 Å². The average molecular weight is 436 g/mol. The number of rotatable bonds is 4. The van der Waals surface area contributed by atoms with Crippen LogP contribution in [0.1, 0.15) is 28.1 Å². The molecule has 0 spiro atoms. The summed E-state index contributed by atoms with van der Waals surface area (Å²) in [5, 5.41) is 7.06. The van der Waals surface area contributed by atoms with Crippen molar-refractivity contribution in [1.82, 2.24) is 10.1 Å². The third kappa shape index (κ3) is 4.62. The topological polar surface area (TPSA) is 76.8 Å². The number of nitrogens with zero attached hydrogens (tertiary/aromatic N) is 2. The summed E-state index contributed by atoms with van der Waals surface area (Å²) in [4.78, 5) is 14.3. The number of hydrogen-bond donors (Lipinski definition) is 1. The van der Waals surface area contributed by atoms with Crippen molar-refractivity contribution >= 4 is 11.7 Å². The Hall–Kier alpha value is -3.32. The number of carbonyl (C=O) groups excluding carboxylic acids is 1. The van der Waals surface area contributed by atoms with E-state index in [0.29, 0.717) is 26.3 Å². The van der Waals surface area contributed by atoms with E-state index < -0.39 is 0 Å². The number of urea groups is 1. The van der Waals surface area contributed by atoms with Crippen LogP contribution in [0.5, 0.6) is 11.5 Å². The number of nitrogens with one attached hydrogen (secondary N) is 1. The van der Waals surface area contributed by atoms with Crippen LogP contribution < -0.4 is 10.1 Å². The molecule has 2 aromatic carbocycles. The molecule has 32 heavy (non-hydrogen) atoms. The fourth-order valence-corrected chi connectivity index (χ4v) is 4.12. The number of anilines is 1. The minimum atomic E-state index is -0.108. The molecular formula is C25H29N3O4. The Balaban J connectivity index is 1.56.